The van der Waals surface area contributed by atoms with Gasteiger partial charge in [0.2, 0.25) is 0 Å². The van der Waals surface area contributed by atoms with Crippen LogP contribution in [0.4, 0.5) is 0 Å². The van der Waals surface area contributed by atoms with Crippen LogP contribution in [0.25, 0.3) is 27.1 Å². The van der Waals surface area contributed by atoms with Gasteiger partial charge in [0.15, 0.2) is 5.65 Å². The molecule has 5 heterocycles. The molecule has 0 amide bonds. The Morgan fingerprint density at radius 1 is 1.19 bits per heavy atom. The van der Waals surface area contributed by atoms with Crippen LogP contribution in [0, 0.1) is 26.7 Å². The SMILES string of the molecule is Cc1c(-c2[nH]c3sc([C@@H]4CC5C[C@H]4CN5CCS(C)(=O)=O)c(C)c3c2C(C)C)cn2ncnc2c1C.[HH]. The highest BCUT2D eigenvalue weighted by molar-refractivity contribution is 7.90. The van der Waals surface area contributed by atoms with Crippen molar-refractivity contribution in [2.75, 3.05) is 25.1 Å². The zero-order valence-corrected chi connectivity index (χ0v) is 23.6. The van der Waals surface area contributed by atoms with Crippen molar-refractivity contribution in [1.82, 2.24) is 24.5 Å². The van der Waals surface area contributed by atoms with Gasteiger partial charge in [-0.2, -0.15) is 5.10 Å². The summed E-state index contributed by atoms with van der Waals surface area (Å²) in [4.78, 5) is 13.5. The van der Waals surface area contributed by atoms with Crippen molar-refractivity contribution in [2.45, 2.75) is 65.3 Å². The monoisotopic (exact) mass is 527 g/mol. The second kappa shape index (κ2) is 8.39. The van der Waals surface area contributed by atoms with Crippen molar-refractivity contribution in [2.24, 2.45) is 5.92 Å². The number of hydrogen-bond donors (Lipinski definition) is 1. The number of fused-ring (bicyclic) bond motifs is 4. The summed E-state index contributed by atoms with van der Waals surface area (Å²) < 4.78 is 25.2. The van der Waals surface area contributed by atoms with Crippen LogP contribution in [0.1, 0.15) is 67.1 Å². The van der Waals surface area contributed by atoms with Gasteiger partial charge >= 0.3 is 0 Å². The number of hydrogen-bond acceptors (Lipinski definition) is 6. The van der Waals surface area contributed by atoms with E-state index in [9.17, 15) is 8.42 Å². The first kappa shape index (κ1) is 24.1. The Kier molecular flexibility index (Phi) is 5.63. The quantitative estimate of drug-likeness (QED) is 0.360. The molecule has 1 unspecified atom stereocenters. The predicted octanol–water partition coefficient (Wildman–Crippen LogP) is 5.46. The molecule has 9 heteroatoms. The number of nitrogens with zero attached hydrogens (tertiary/aromatic N) is 4. The largest absolute Gasteiger partial charge is 0.346 e. The lowest BCUT2D eigenvalue weighted by Crippen LogP contribution is -2.37. The van der Waals surface area contributed by atoms with E-state index < -0.39 is 9.84 Å². The molecule has 0 radical (unpaired) electrons. The van der Waals surface area contributed by atoms with Crippen LogP contribution in [-0.4, -0.2) is 64.0 Å². The van der Waals surface area contributed by atoms with Gasteiger partial charge in [0, 0.05) is 48.8 Å². The van der Waals surface area contributed by atoms with Crippen LogP contribution in [0.3, 0.4) is 0 Å². The average molecular weight is 528 g/mol. The van der Waals surface area contributed by atoms with Crippen LogP contribution in [-0.2, 0) is 9.84 Å². The Morgan fingerprint density at radius 2 is 1.97 bits per heavy atom. The maximum absolute atomic E-state index is 11.7. The second-order valence-electron chi connectivity index (χ2n) is 11.3. The van der Waals surface area contributed by atoms with Crippen molar-refractivity contribution in [3.8, 4) is 11.3 Å². The summed E-state index contributed by atoms with van der Waals surface area (Å²) >= 11 is 1.94. The fourth-order valence-electron chi connectivity index (χ4n) is 6.77. The van der Waals surface area contributed by atoms with E-state index in [1.165, 1.54) is 55.7 Å². The van der Waals surface area contributed by atoms with E-state index in [0.717, 1.165) is 24.2 Å². The molecule has 1 N–H and O–H groups in total. The highest BCUT2D eigenvalue weighted by atomic mass is 32.2. The Balaban J connectivity index is 0.00000280. The van der Waals surface area contributed by atoms with Gasteiger partial charge in [0.1, 0.15) is 21.0 Å². The number of rotatable bonds is 6. The second-order valence-corrected chi connectivity index (χ2v) is 14.6. The van der Waals surface area contributed by atoms with Gasteiger partial charge < -0.3 is 4.98 Å². The molecule has 0 aromatic carbocycles. The van der Waals surface area contributed by atoms with Crippen molar-refractivity contribution in [1.29, 1.82) is 0 Å². The van der Waals surface area contributed by atoms with Gasteiger partial charge in [-0.15, -0.1) is 11.3 Å². The van der Waals surface area contributed by atoms with Gasteiger partial charge in [0.05, 0.1) is 11.4 Å². The molecule has 6 rings (SSSR count). The summed E-state index contributed by atoms with van der Waals surface area (Å²) in [7, 11) is -2.92. The fourth-order valence-corrected chi connectivity index (χ4v) is 8.77. The van der Waals surface area contributed by atoms with E-state index in [1.807, 2.05) is 15.9 Å². The third-order valence-electron chi connectivity index (χ3n) is 8.68. The van der Waals surface area contributed by atoms with Crippen LogP contribution < -0.4 is 0 Å². The van der Waals surface area contributed by atoms with Crippen molar-refractivity contribution in [3.63, 3.8) is 0 Å². The van der Waals surface area contributed by atoms with Crippen LogP contribution in [0.15, 0.2) is 12.5 Å². The lowest BCUT2D eigenvalue weighted by atomic mass is 9.88. The first-order valence-corrected chi connectivity index (χ1v) is 15.8. The molecule has 194 valence electrons. The van der Waals surface area contributed by atoms with E-state index in [2.05, 4.69) is 60.8 Å². The molecule has 1 aliphatic heterocycles. The van der Waals surface area contributed by atoms with E-state index in [4.69, 9.17) is 0 Å². The fraction of sp³-hybridized carbons (Fsp3) is 0.556. The molecule has 36 heavy (non-hydrogen) atoms. The zero-order chi connectivity index (χ0) is 25.5. The molecular formula is C27H37N5O2S2. The Labute approximate surface area is 218 Å². The summed E-state index contributed by atoms with van der Waals surface area (Å²) in [6, 6.07) is 0.516. The van der Waals surface area contributed by atoms with Gasteiger partial charge in [-0.05, 0) is 73.6 Å². The minimum absolute atomic E-state index is 0. The molecular weight excluding hydrogens is 490 g/mol. The zero-order valence-electron chi connectivity index (χ0n) is 21.9. The maximum atomic E-state index is 11.7. The molecule has 0 spiro atoms. The minimum atomic E-state index is -2.92. The minimum Gasteiger partial charge on any atom is -0.346 e. The Bertz CT molecular complexity index is 1600. The molecule has 1 saturated heterocycles. The number of sulfone groups is 1. The third kappa shape index (κ3) is 3.73. The third-order valence-corrected chi connectivity index (χ3v) is 10.9. The van der Waals surface area contributed by atoms with Crippen LogP contribution >= 0.6 is 11.3 Å². The number of nitrogens with one attached hydrogen (secondary N) is 1. The number of H-pyrrole nitrogens is 1. The van der Waals surface area contributed by atoms with E-state index in [0.29, 0.717) is 30.3 Å². The highest BCUT2D eigenvalue weighted by Crippen LogP contribution is 2.53. The summed E-state index contributed by atoms with van der Waals surface area (Å²) in [5.41, 5.74) is 8.54. The summed E-state index contributed by atoms with van der Waals surface area (Å²) in [6.45, 7) is 12.9. The van der Waals surface area contributed by atoms with Gasteiger partial charge in [-0.1, -0.05) is 13.8 Å². The number of thiophene rings is 1. The molecule has 7 nitrogen and oxygen atoms in total. The number of aromatic nitrogens is 4. The number of aromatic amines is 1. The lowest BCUT2D eigenvalue weighted by molar-refractivity contribution is 0.211. The number of aryl methyl sites for hydroxylation is 2. The van der Waals surface area contributed by atoms with Crippen molar-refractivity contribution in [3.05, 3.63) is 39.7 Å². The first-order valence-electron chi connectivity index (χ1n) is 12.9. The van der Waals surface area contributed by atoms with E-state index >= 15 is 0 Å². The molecule has 4 aromatic heterocycles. The van der Waals surface area contributed by atoms with Crippen LogP contribution in [0.5, 0.6) is 0 Å². The van der Waals surface area contributed by atoms with Crippen molar-refractivity contribution < 1.29 is 9.84 Å². The van der Waals surface area contributed by atoms with E-state index in [1.54, 1.807) is 6.33 Å². The molecule has 2 fully saturated rings. The highest BCUT2D eigenvalue weighted by Gasteiger charge is 2.46. The standard InChI is InChI=1S/C27H35N5O2S2.H2/c1-14(2)22-23-17(5)25(20-10-19-9-18(20)11-31(19)7-8-36(6,33)34)35-27(23)30-24(22)21-12-32-26(28-13-29-32)16(4)15(21)3;/h12-14,18-20,30H,7-11H2,1-6H3;1H/t18-,19?,20+;/m0./s1. The maximum Gasteiger partial charge on any atom is 0.158 e. The molecule has 1 saturated carbocycles. The summed E-state index contributed by atoms with van der Waals surface area (Å²) in [6.07, 6.45) is 7.41. The smallest absolute Gasteiger partial charge is 0.158 e. The van der Waals surface area contributed by atoms with Gasteiger partial charge in [0.25, 0.3) is 0 Å². The lowest BCUT2D eigenvalue weighted by Gasteiger charge is -2.31. The number of likely N-dealkylation sites (tertiary alicyclic amines) is 1. The molecule has 2 aliphatic rings. The number of pyridine rings is 1. The first-order chi connectivity index (χ1) is 17.0. The van der Waals surface area contributed by atoms with Gasteiger partial charge in [-0.25, -0.2) is 17.9 Å². The normalized spacial score (nSPS) is 22.7. The summed E-state index contributed by atoms with van der Waals surface area (Å²) in [5.74, 6) is 1.85. The van der Waals surface area contributed by atoms with Gasteiger partial charge in [-0.3, -0.25) is 4.90 Å². The summed E-state index contributed by atoms with van der Waals surface area (Å²) in [5, 5.41) is 5.81. The molecule has 4 aromatic rings. The topological polar surface area (TPSA) is 83.4 Å². The molecule has 3 atom stereocenters. The molecule has 1 aliphatic carbocycles. The van der Waals surface area contributed by atoms with Crippen molar-refractivity contribution >= 4 is 37.0 Å². The number of piperidine rings is 1. The molecule has 2 bridgehead atoms. The Morgan fingerprint density at radius 3 is 2.64 bits per heavy atom. The predicted molar refractivity (Wildman–Crippen MR) is 149 cm³/mol. The van der Waals surface area contributed by atoms with E-state index in [-0.39, 0.29) is 7.18 Å². The Hall–Kier alpha value is -2.23. The average Bonchev–Trinajstić information content (AvgIpc) is 3.60. The van der Waals surface area contributed by atoms with Crippen LogP contribution in [0.2, 0.25) is 0 Å².